The highest BCUT2D eigenvalue weighted by atomic mass is 32.1. The van der Waals surface area contributed by atoms with Crippen molar-refractivity contribution in [3.8, 4) is 39.4 Å². The van der Waals surface area contributed by atoms with Gasteiger partial charge in [0.2, 0.25) is 0 Å². The maximum atomic E-state index is 9.77. The number of aromatic nitrogens is 5. The first kappa shape index (κ1) is 16.9. The molecule has 6 aromatic rings. The van der Waals surface area contributed by atoms with E-state index in [1.807, 2.05) is 24.4 Å². The Hall–Kier alpha value is -3.97. The predicted octanol–water partition coefficient (Wildman–Crippen LogP) is 5.60. The molecule has 0 bridgehead atoms. The summed E-state index contributed by atoms with van der Waals surface area (Å²) in [5.41, 5.74) is 7.64. The highest BCUT2D eigenvalue weighted by Gasteiger charge is 2.15. The van der Waals surface area contributed by atoms with E-state index >= 15 is 0 Å². The molecular weight excluding hydrogens is 394 g/mol. The van der Waals surface area contributed by atoms with Crippen molar-refractivity contribution >= 4 is 33.3 Å². The number of pyridine rings is 2. The zero-order chi connectivity index (χ0) is 20.1. The second-order valence-corrected chi connectivity index (χ2v) is 7.86. The molecule has 6 nitrogen and oxygen atoms in total. The Balaban J connectivity index is 1.52. The summed E-state index contributed by atoms with van der Waals surface area (Å²) in [5, 5.41) is 23.7. The van der Waals surface area contributed by atoms with E-state index in [-0.39, 0.29) is 5.75 Å². The molecule has 0 amide bonds. The normalized spacial score (nSPS) is 11.5. The first-order valence-electron chi connectivity index (χ1n) is 9.39. The van der Waals surface area contributed by atoms with Crippen LogP contribution in [-0.2, 0) is 0 Å². The van der Waals surface area contributed by atoms with Gasteiger partial charge < -0.3 is 10.1 Å². The molecule has 1 aromatic carbocycles. The molecule has 0 aliphatic carbocycles. The first-order chi connectivity index (χ1) is 14.8. The Morgan fingerprint density at radius 1 is 0.900 bits per heavy atom. The maximum absolute atomic E-state index is 9.77. The second kappa shape index (κ2) is 6.53. The summed E-state index contributed by atoms with van der Waals surface area (Å²) in [6.07, 6.45) is 4.99. The van der Waals surface area contributed by atoms with Gasteiger partial charge in [0.05, 0.1) is 17.4 Å². The van der Waals surface area contributed by atoms with Crippen molar-refractivity contribution in [2.45, 2.75) is 0 Å². The third-order valence-electron chi connectivity index (χ3n) is 5.24. The molecule has 3 N–H and O–H groups in total. The van der Waals surface area contributed by atoms with Gasteiger partial charge in [0.1, 0.15) is 17.1 Å². The molecule has 144 valence electrons. The summed E-state index contributed by atoms with van der Waals surface area (Å²) in [6, 6.07) is 14.0. The fourth-order valence-electron chi connectivity index (χ4n) is 3.81. The standard InChI is InChI=1S/C23H15N5OS/c29-16-7-15(10-24-11-16)13-1-2-20-19(8-13)22(28-27-20)21-9-18-17(14-4-6-30-12-14)3-5-25-23(18)26-21/h1-12,29H,(H,25,26)(H,27,28). The zero-order valence-corrected chi connectivity index (χ0v) is 16.4. The number of rotatable bonds is 3. The lowest BCUT2D eigenvalue weighted by molar-refractivity contribution is 0.473. The van der Waals surface area contributed by atoms with Crippen molar-refractivity contribution in [1.82, 2.24) is 25.1 Å². The Kier molecular flexibility index (Phi) is 3.69. The minimum Gasteiger partial charge on any atom is -0.506 e. The van der Waals surface area contributed by atoms with E-state index in [1.165, 1.54) is 11.8 Å². The predicted molar refractivity (Wildman–Crippen MR) is 119 cm³/mol. The smallest absolute Gasteiger partial charge is 0.138 e. The summed E-state index contributed by atoms with van der Waals surface area (Å²) in [7, 11) is 0. The highest BCUT2D eigenvalue weighted by Crippen LogP contribution is 2.35. The average molecular weight is 409 g/mol. The number of H-pyrrole nitrogens is 2. The number of aromatic amines is 2. The van der Waals surface area contributed by atoms with E-state index in [9.17, 15) is 5.11 Å². The van der Waals surface area contributed by atoms with Gasteiger partial charge in [0.15, 0.2) is 0 Å². The molecule has 0 spiro atoms. The lowest BCUT2D eigenvalue weighted by Crippen LogP contribution is -1.82. The number of nitrogens with zero attached hydrogens (tertiary/aromatic N) is 3. The molecule has 0 aliphatic rings. The summed E-state index contributed by atoms with van der Waals surface area (Å²) in [5.74, 6) is 0.141. The van der Waals surface area contributed by atoms with Gasteiger partial charge in [-0.15, -0.1) is 0 Å². The molecule has 30 heavy (non-hydrogen) atoms. The van der Waals surface area contributed by atoms with Gasteiger partial charge in [-0.3, -0.25) is 10.1 Å². The van der Waals surface area contributed by atoms with Gasteiger partial charge >= 0.3 is 0 Å². The summed E-state index contributed by atoms with van der Waals surface area (Å²) < 4.78 is 0. The van der Waals surface area contributed by atoms with Gasteiger partial charge in [0.25, 0.3) is 0 Å². The third kappa shape index (κ3) is 2.67. The van der Waals surface area contributed by atoms with Crippen molar-refractivity contribution < 1.29 is 5.11 Å². The van der Waals surface area contributed by atoms with Crippen molar-refractivity contribution in [2.24, 2.45) is 0 Å². The summed E-state index contributed by atoms with van der Waals surface area (Å²) in [6.45, 7) is 0. The Bertz CT molecular complexity index is 1510. The van der Waals surface area contributed by atoms with Gasteiger partial charge in [-0.2, -0.15) is 16.4 Å². The van der Waals surface area contributed by atoms with Crippen LogP contribution in [0.15, 0.2) is 71.8 Å². The van der Waals surface area contributed by atoms with E-state index in [0.717, 1.165) is 50.0 Å². The minimum absolute atomic E-state index is 0.141. The number of hydrogen-bond acceptors (Lipinski definition) is 5. The molecule has 0 saturated heterocycles. The molecule has 6 rings (SSSR count). The number of nitrogens with one attached hydrogen (secondary N) is 2. The average Bonchev–Trinajstić information content (AvgIpc) is 3.51. The van der Waals surface area contributed by atoms with Crippen LogP contribution in [0.25, 0.3) is 55.6 Å². The topological polar surface area (TPSA) is 90.5 Å². The summed E-state index contributed by atoms with van der Waals surface area (Å²) in [4.78, 5) is 12.0. The van der Waals surface area contributed by atoms with E-state index in [0.29, 0.717) is 0 Å². The quantitative estimate of drug-likeness (QED) is 0.355. The van der Waals surface area contributed by atoms with Crippen LogP contribution < -0.4 is 0 Å². The molecule has 0 atom stereocenters. The number of hydrogen-bond donors (Lipinski definition) is 3. The zero-order valence-electron chi connectivity index (χ0n) is 15.6. The van der Waals surface area contributed by atoms with Gasteiger partial charge in [-0.05, 0) is 63.8 Å². The maximum Gasteiger partial charge on any atom is 0.138 e. The van der Waals surface area contributed by atoms with Crippen LogP contribution in [0.4, 0.5) is 0 Å². The molecule has 7 heteroatoms. The summed E-state index contributed by atoms with van der Waals surface area (Å²) >= 11 is 1.68. The Labute approximate surface area is 174 Å². The second-order valence-electron chi connectivity index (χ2n) is 7.08. The van der Waals surface area contributed by atoms with Gasteiger partial charge in [-0.25, -0.2) is 4.98 Å². The molecular formula is C23H15N5OS. The Morgan fingerprint density at radius 3 is 2.73 bits per heavy atom. The first-order valence-corrected chi connectivity index (χ1v) is 10.3. The van der Waals surface area contributed by atoms with Crippen molar-refractivity contribution in [3.63, 3.8) is 0 Å². The molecule has 0 unspecified atom stereocenters. The van der Waals surface area contributed by atoms with Crippen LogP contribution in [0.1, 0.15) is 0 Å². The van der Waals surface area contributed by atoms with Crippen LogP contribution in [0.2, 0.25) is 0 Å². The molecule has 5 heterocycles. The third-order valence-corrected chi connectivity index (χ3v) is 5.92. The largest absolute Gasteiger partial charge is 0.506 e. The highest BCUT2D eigenvalue weighted by molar-refractivity contribution is 7.08. The lowest BCUT2D eigenvalue weighted by Gasteiger charge is -2.02. The van der Waals surface area contributed by atoms with Crippen LogP contribution >= 0.6 is 11.3 Å². The Morgan fingerprint density at radius 2 is 1.87 bits per heavy atom. The van der Waals surface area contributed by atoms with E-state index in [4.69, 9.17) is 0 Å². The number of fused-ring (bicyclic) bond motifs is 2. The number of thiophene rings is 1. The van der Waals surface area contributed by atoms with Crippen molar-refractivity contribution in [1.29, 1.82) is 0 Å². The van der Waals surface area contributed by atoms with Crippen LogP contribution in [0, 0.1) is 0 Å². The van der Waals surface area contributed by atoms with E-state index < -0.39 is 0 Å². The molecule has 5 aromatic heterocycles. The fraction of sp³-hybridized carbons (Fsp3) is 0. The minimum atomic E-state index is 0.141. The van der Waals surface area contributed by atoms with Crippen molar-refractivity contribution in [3.05, 3.63) is 71.8 Å². The number of benzene rings is 1. The molecule has 0 saturated carbocycles. The molecule has 0 fully saturated rings. The van der Waals surface area contributed by atoms with E-state index in [1.54, 1.807) is 23.6 Å². The van der Waals surface area contributed by atoms with Crippen LogP contribution in [-0.4, -0.2) is 30.3 Å². The lowest BCUT2D eigenvalue weighted by atomic mass is 10.0. The van der Waals surface area contributed by atoms with E-state index in [2.05, 4.69) is 54.1 Å². The van der Waals surface area contributed by atoms with Crippen molar-refractivity contribution in [2.75, 3.05) is 0 Å². The van der Waals surface area contributed by atoms with Gasteiger partial charge in [-0.1, -0.05) is 6.07 Å². The SMILES string of the molecule is Oc1cncc(-c2ccc3[nH]nc(-c4cc5c(-c6ccsc6)ccnc5[nH]4)c3c2)c1. The fourth-order valence-corrected chi connectivity index (χ4v) is 4.46. The van der Waals surface area contributed by atoms with Crippen LogP contribution in [0.3, 0.4) is 0 Å². The molecule has 0 radical (unpaired) electrons. The molecule has 0 aliphatic heterocycles. The van der Waals surface area contributed by atoms with Gasteiger partial charge in [0, 0.05) is 28.7 Å². The van der Waals surface area contributed by atoms with Crippen LogP contribution in [0.5, 0.6) is 5.75 Å². The number of aromatic hydroxyl groups is 1. The monoisotopic (exact) mass is 409 g/mol.